The molecule has 6 heteroatoms. The Balaban J connectivity index is 1.84. The second kappa shape index (κ2) is 7.69. The maximum absolute atomic E-state index is 13.5. The van der Waals surface area contributed by atoms with Crippen LogP contribution in [0.4, 0.5) is 4.39 Å². The molecule has 32 heavy (non-hydrogen) atoms. The van der Waals surface area contributed by atoms with Gasteiger partial charge in [-0.2, -0.15) is 0 Å². The molecule has 1 aliphatic rings. The molecule has 5 nitrogen and oxygen atoms in total. The van der Waals surface area contributed by atoms with E-state index in [4.69, 9.17) is 20.6 Å². The molecule has 0 aliphatic heterocycles. The number of rotatable bonds is 6. The largest absolute Gasteiger partial charge is 0.478 e. The van der Waals surface area contributed by atoms with E-state index >= 15 is 0 Å². The first-order valence-electron chi connectivity index (χ1n) is 10.0. The highest BCUT2D eigenvalue weighted by atomic mass is 19.1. The van der Waals surface area contributed by atoms with Gasteiger partial charge >= 0.3 is 5.97 Å². The Labute approximate surface area is 186 Å². The predicted octanol–water partition coefficient (Wildman–Crippen LogP) is 5.12. The van der Waals surface area contributed by atoms with Gasteiger partial charge in [0.2, 0.25) is 5.88 Å². The van der Waals surface area contributed by atoms with E-state index in [0.29, 0.717) is 23.1 Å². The maximum Gasteiger partial charge on any atom is 0.329 e. The van der Waals surface area contributed by atoms with Crippen LogP contribution in [0.2, 0.25) is 0 Å². The van der Waals surface area contributed by atoms with Crippen LogP contribution in [-0.4, -0.2) is 18.1 Å². The quantitative estimate of drug-likeness (QED) is 0.401. The number of hydrogen-bond acceptors (Lipinski definition) is 5. The smallest absolute Gasteiger partial charge is 0.329 e. The average Bonchev–Trinajstić information content (AvgIpc) is 3.25. The number of terminal acetylenes is 1. The Morgan fingerprint density at radius 1 is 0.969 bits per heavy atom. The average molecular weight is 431 g/mol. The number of nitrogens with zero attached hydrogens (tertiary/aromatic N) is 1. The van der Waals surface area contributed by atoms with Gasteiger partial charge in [0.15, 0.2) is 11.0 Å². The third kappa shape index (κ3) is 2.93. The van der Waals surface area contributed by atoms with Crippen LogP contribution in [0.15, 0.2) is 72.8 Å². The fourth-order valence-electron chi connectivity index (χ4n) is 4.45. The van der Waals surface area contributed by atoms with Gasteiger partial charge in [-0.15, -0.1) is 6.42 Å². The van der Waals surface area contributed by atoms with Gasteiger partial charge < -0.3 is 14.2 Å². The minimum absolute atomic E-state index is 0.314. The standard InChI is InChI=1S/C26H22FNO4/c1-5-25(23(29)30-4)24(2,3)26(25,32-20-16-14-18(27)15-17-20)21-12-9-13-22(28-21)31-19-10-7-6-8-11-19/h1,6-17H,2-4H3. The van der Waals surface area contributed by atoms with Crippen molar-refractivity contribution < 1.29 is 23.4 Å². The van der Waals surface area contributed by atoms with E-state index in [2.05, 4.69) is 10.9 Å². The molecular weight excluding hydrogens is 409 g/mol. The molecule has 1 aromatic heterocycles. The Hall–Kier alpha value is -3.85. The zero-order valence-electron chi connectivity index (χ0n) is 18.0. The summed E-state index contributed by atoms with van der Waals surface area (Å²) in [5.74, 6) is 2.88. The van der Waals surface area contributed by atoms with E-state index in [1.807, 2.05) is 32.0 Å². The molecule has 2 aromatic carbocycles. The Kier molecular flexibility index (Phi) is 5.14. The molecule has 0 bridgehead atoms. The van der Waals surface area contributed by atoms with Gasteiger partial charge in [0, 0.05) is 11.5 Å². The number of para-hydroxylation sites is 1. The van der Waals surface area contributed by atoms with Crippen LogP contribution < -0.4 is 9.47 Å². The van der Waals surface area contributed by atoms with E-state index in [1.54, 1.807) is 30.3 Å². The summed E-state index contributed by atoms with van der Waals surface area (Å²) < 4.78 is 30.8. The number of pyridine rings is 1. The topological polar surface area (TPSA) is 57.7 Å². The van der Waals surface area contributed by atoms with E-state index < -0.39 is 28.2 Å². The van der Waals surface area contributed by atoms with Crippen LogP contribution in [0.25, 0.3) is 0 Å². The number of carbonyl (C=O) groups excluding carboxylic acids is 1. The summed E-state index contributed by atoms with van der Waals surface area (Å²) >= 11 is 0. The highest BCUT2D eigenvalue weighted by Gasteiger charge is 2.91. The van der Waals surface area contributed by atoms with Gasteiger partial charge in [0.05, 0.1) is 12.8 Å². The number of ether oxygens (including phenoxy) is 3. The first-order chi connectivity index (χ1) is 15.3. The molecule has 1 fully saturated rings. The molecule has 2 atom stereocenters. The van der Waals surface area contributed by atoms with Crippen molar-refractivity contribution in [3.8, 4) is 29.7 Å². The summed E-state index contributed by atoms with van der Waals surface area (Å²) in [4.78, 5) is 17.6. The summed E-state index contributed by atoms with van der Waals surface area (Å²) in [6.07, 6.45) is 5.92. The molecule has 0 radical (unpaired) electrons. The van der Waals surface area contributed by atoms with E-state index in [0.717, 1.165) is 0 Å². The molecule has 162 valence electrons. The number of halogens is 1. The highest BCUT2D eigenvalue weighted by Crippen LogP contribution is 2.78. The van der Waals surface area contributed by atoms with Crippen LogP contribution in [0.1, 0.15) is 19.5 Å². The van der Waals surface area contributed by atoms with Crippen molar-refractivity contribution in [1.29, 1.82) is 0 Å². The van der Waals surface area contributed by atoms with Crippen LogP contribution in [0, 0.1) is 29.0 Å². The van der Waals surface area contributed by atoms with Crippen molar-refractivity contribution >= 4 is 5.97 Å². The molecule has 0 N–H and O–H groups in total. The number of methoxy groups -OCH3 is 1. The monoisotopic (exact) mass is 431 g/mol. The van der Waals surface area contributed by atoms with E-state index in [1.165, 1.54) is 31.4 Å². The van der Waals surface area contributed by atoms with Crippen molar-refractivity contribution in [1.82, 2.24) is 4.98 Å². The second-order valence-electron chi connectivity index (χ2n) is 8.02. The van der Waals surface area contributed by atoms with E-state index in [-0.39, 0.29) is 0 Å². The lowest BCUT2D eigenvalue weighted by Gasteiger charge is -2.24. The lowest BCUT2D eigenvalue weighted by molar-refractivity contribution is -0.147. The number of esters is 1. The van der Waals surface area contributed by atoms with Crippen molar-refractivity contribution in [2.75, 3.05) is 7.11 Å². The zero-order chi connectivity index (χ0) is 23.0. The summed E-state index contributed by atoms with van der Waals surface area (Å²) in [6.45, 7) is 3.64. The predicted molar refractivity (Wildman–Crippen MR) is 117 cm³/mol. The Morgan fingerprint density at radius 2 is 1.66 bits per heavy atom. The first-order valence-corrected chi connectivity index (χ1v) is 10.0. The summed E-state index contributed by atoms with van der Waals surface area (Å²) in [5, 5.41) is 0. The Bertz CT molecular complexity index is 1190. The Morgan fingerprint density at radius 3 is 2.28 bits per heavy atom. The highest BCUT2D eigenvalue weighted by molar-refractivity contribution is 5.90. The normalized spacial score (nSPS) is 23.0. The van der Waals surface area contributed by atoms with Gasteiger partial charge in [0.1, 0.15) is 17.3 Å². The first kappa shape index (κ1) is 21.4. The van der Waals surface area contributed by atoms with Crippen molar-refractivity contribution in [2.45, 2.75) is 19.4 Å². The lowest BCUT2D eigenvalue weighted by Crippen LogP contribution is -2.32. The van der Waals surface area contributed by atoms with Crippen LogP contribution in [0.5, 0.6) is 17.4 Å². The van der Waals surface area contributed by atoms with Crippen LogP contribution in [-0.2, 0) is 15.1 Å². The number of hydrogen-bond donors (Lipinski definition) is 0. The van der Waals surface area contributed by atoms with Gasteiger partial charge in [-0.3, -0.25) is 4.79 Å². The van der Waals surface area contributed by atoms with Gasteiger partial charge in [-0.25, -0.2) is 9.37 Å². The van der Waals surface area contributed by atoms with Crippen molar-refractivity contribution in [3.05, 3.63) is 84.3 Å². The molecule has 0 spiro atoms. The summed E-state index contributed by atoms with van der Waals surface area (Å²) in [5.41, 5.74) is -3.31. The fourth-order valence-corrected chi connectivity index (χ4v) is 4.45. The molecule has 0 amide bonds. The molecule has 1 heterocycles. The van der Waals surface area contributed by atoms with Crippen LogP contribution >= 0.6 is 0 Å². The second-order valence-corrected chi connectivity index (χ2v) is 8.02. The number of benzene rings is 2. The lowest BCUT2D eigenvalue weighted by atomic mass is 9.97. The molecule has 0 saturated heterocycles. The minimum atomic E-state index is -1.46. The molecule has 3 aromatic rings. The number of carbonyl (C=O) groups is 1. The third-order valence-corrected chi connectivity index (χ3v) is 6.13. The molecule has 1 saturated carbocycles. The van der Waals surface area contributed by atoms with Crippen molar-refractivity contribution in [3.63, 3.8) is 0 Å². The minimum Gasteiger partial charge on any atom is -0.478 e. The van der Waals surface area contributed by atoms with Gasteiger partial charge in [0.25, 0.3) is 0 Å². The fraction of sp³-hybridized carbons (Fsp3) is 0.231. The molecule has 4 rings (SSSR count). The van der Waals surface area contributed by atoms with E-state index in [9.17, 15) is 9.18 Å². The van der Waals surface area contributed by atoms with Gasteiger partial charge in [-0.05, 0) is 42.5 Å². The summed E-state index contributed by atoms with van der Waals surface area (Å²) in [7, 11) is 1.28. The number of aromatic nitrogens is 1. The van der Waals surface area contributed by atoms with Gasteiger partial charge in [-0.1, -0.05) is 44.0 Å². The van der Waals surface area contributed by atoms with Crippen molar-refractivity contribution in [2.24, 2.45) is 10.8 Å². The third-order valence-electron chi connectivity index (χ3n) is 6.13. The maximum atomic E-state index is 13.5. The van der Waals surface area contributed by atoms with Crippen LogP contribution in [0.3, 0.4) is 0 Å². The summed E-state index contributed by atoms with van der Waals surface area (Å²) in [6, 6.07) is 19.9. The molecule has 1 aliphatic carbocycles. The molecular formula is C26H22FNO4. The molecule has 2 unspecified atom stereocenters. The SMILES string of the molecule is C#CC1(C(=O)OC)C(C)(C)C1(Oc1ccc(F)cc1)c1cccc(Oc2ccccc2)n1. The zero-order valence-corrected chi connectivity index (χ0v) is 18.0.